The number of carbonyl (C=O) groups is 1. The standard InChI is InChI=1S/C15H12BClFNO3/c17-15-4-2-9(7-19-15)1-3-14(20)11-6-12-10(5-13(11)18)8-22-16(12)21/h2,4-7,21H,1,3,8H2. The molecule has 0 fully saturated rings. The van der Waals surface area contributed by atoms with Crippen molar-refractivity contribution in [3.05, 3.63) is 58.1 Å². The molecule has 4 nitrogen and oxygen atoms in total. The first-order valence-electron chi connectivity index (χ1n) is 6.80. The van der Waals surface area contributed by atoms with E-state index in [2.05, 4.69) is 4.98 Å². The molecule has 1 aromatic heterocycles. The molecule has 0 spiro atoms. The van der Waals surface area contributed by atoms with Gasteiger partial charge in [-0.25, -0.2) is 9.37 Å². The fourth-order valence-electron chi connectivity index (χ4n) is 2.41. The summed E-state index contributed by atoms with van der Waals surface area (Å²) in [6.07, 6.45) is 2.18. The predicted molar refractivity (Wildman–Crippen MR) is 80.7 cm³/mol. The highest BCUT2D eigenvalue weighted by Crippen LogP contribution is 2.17. The van der Waals surface area contributed by atoms with Crippen LogP contribution in [0.1, 0.15) is 27.9 Å². The molecule has 0 unspecified atom stereocenters. The Balaban J connectivity index is 1.75. The summed E-state index contributed by atoms with van der Waals surface area (Å²) in [7, 11) is -1.09. The lowest BCUT2D eigenvalue weighted by Gasteiger charge is -2.06. The van der Waals surface area contributed by atoms with Crippen LogP contribution in [0.15, 0.2) is 30.5 Å². The van der Waals surface area contributed by atoms with Gasteiger partial charge in [0, 0.05) is 12.6 Å². The number of halogens is 2. The highest BCUT2D eigenvalue weighted by atomic mass is 35.5. The highest BCUT2D eigenvalue weighted by Gasteiger charge is 2.29. The van der Waals surface area contributed by atoms with Gasteiger partial charge in [-0.15, -0.1) is 0 Å². The summed E-state index contributed by atoms with van der Waals surface area (Å²) in [6.45, 7) is 0.151. The van der Waals surface area contributed by atoms with Crippen molar-refractivity contribution in [2.24, 2.45) is 0 Å². The molecule has 0 bridgehead atoms. The van der Waals surface area contributed by atoms with Crippen molar-refractivity contribution in [2.45, 2.75) is 19.4 Å². The first kappa shape index (κ1) is 15.2. The second kappa shape index (κ2) is 6.16. The molecule has 0 radical (unpaired) electrons. The number of nitrogens with zero attached hydrogens (tertiary/aromatic N) is 1. The first-order valence-corrected chi connectivity index (χ1v) is 7.18. The van der Waals surface area contributed by atoms with Crippen LogP contribution in [-0.4, -0.2) is 22.9 Å². The highest BCUT2D eigenvalue weighted by molar-refractivity contribution is 6.61. The number of aromatic nitrogens is 1. The molecule has 112 valence electrons. The second-order valence-electron chi connectivity index (χ2n) is 5.11. The van der Waals surface area contributed by atoms with Crippen LogP contribution in [-0.2, 0) is 17.7 Å². The predicted octanol–water partition coefficient (Wildman–Crippen LogP) is 1.91. The van der Waals surface area contributed by atoms with E-state index in [1.807, 2.05) is 0 Å². The largest absolute Gasteiger partial charge is 0.491 e. The second-order valence-corrected chi connectivity index (χ2v) is 5.49. The minimum Gasteiger partial charge on any atom is -0.423 e. The number of hydrogen-bond acceptors (Lipinski definition) is 4. The molecule has 0 aliphatic carbocycles. The van der Waals surface area contributed by atoms with Gasteiger partial charge in [0.15, 0.2) is 5.78 Å². The SMILES string of the molecule is O=C(CCc1ccc(Cl)nc1)c1cc2c(cc1F)COB2O. The van der Waals surface area contributed by atoms with E-state index in [1.54, 1.807) is 18.3 Å². The molecular formula is C15H12BClFNO3. The summed E-state index contributed by atoms with van der Waals surface area (Å²) in [6, 6.07) is 6.05. The van der Waals surface area contributed by atoms with Crippen molar-refractivity contribution >= 4 is 30.0 Å². The van der Waals surface area contributed by atoms with Crippen LogP contribution in [0.4, 0.5) is 4.39 Å². The minimum absolute atomic E-state index is 0.0229. The molecule has 22 heavy (non-hydrogen) atoms. The summed E-state index contributed by atoms with van der Waals surface area (Å²) in [5, 5.41) is 10.0. The maximum Gasteiger partial charge on any atom is 0.491 e. The lowest BCUT2D eigenvalue weighted by Crippen LogP contribution is -2.29. The van der Waals surface area contributed by atoms with E-state index in [4.69, 9.17) is 16.3 Å². The lowest BCUT2D eigenvalue weighted by molar-refractivity contribution is 0.0979. The van der Waals surface area contributed by atoms with E-state index in [9.17, 15) is 14.2 Å². The number of fused-ring (bicyclic) bond motifs is 1. The number of rotatable bonds is 4. The van der Waals surface area contributed by atoms with Crippen molar-refractivity contribution in [1.82, 2.24) is 4.98 Å². The third-order valence-electron chi connectivity index (χ3n) is 3.62. The Hall–Kier alpha value is -1.76. The molecule has 0 saturated carbocycles. The van der Waals surface area contributed by atoms with Gasteiger partial charge in [0.05, 0.1) is 12.2 Å². The van der Waals surface area contributed by atoms with Crippen LogP contribution in [0.25, 0.3) is 0 Å². The number of benzene rings is 1. The van der Waals surface area contributed by atoms with Crippen LogP contribution >= 0.6 is 11.6 Å². The lowest BCUT2D eigenvalue weighted by atomic mass is 9.78. The molecule has 0 saturated heterocycles. The van der Waals surface area contributed by atoms with Gasteiger partial charge in [0.2, 0.25) is 0 Å². The van der Waals surface area contributed by atoms with Crippen molar-refractivity contribution in [3.8, 4) is 0 Å². The molecule has 1 N–H and O–H groups in total. The van der Waals surface area contributed by atoms with Crippen molar-refractivity contribution in [3.63, 3.8) is 0 Å². The zero-order valence-electron chi connectivity index (χ0n) is 11.6. The van der Waals surface area contributed by atoms with Gasteiger partial charge in [0.25, 0.3) is 0 Å². The van der Waals surface area contributed by atoms with Gasteiger partial charge in [-0.1, -0.05) is 17.7 Å². The summed E-state index contributed by atoms with van der Waals surface area (Å²) in [5.74, 6) is -0.912. The Kier molecular flexibility index (Phi) is 4.24. The Morgan fingerprint density at radius 3 is 3.00 bits per heavy atom. The molecule has 1 aliphatic heterocycles. The van der Waals surface area contributed by atoms with E-state index in [1.165, 1.54) is 12.1 Å². The topological polar surface area (TPSA) is 59.4 Å². The molecule has 0 amide bonds. The van der Waals surface area contributed by atoms with Crippen LogP contribution in [0, 0.1) is 5.82 Å². The van der Waals surface area contributed by atoms with E-state index >= 15 is 0 Å². The van der Waals surface area contributed by atoms with E-state index in [0.717, 1.165) is 5.56 Å². The first-order chi connectivity index (χ1) is 10.5. The third-order valence-corrected chi connectivity index (χ3v) is 3.85. The van der Waals surface area contributed by atoms with Crippen LogP contribution < -0.4 is 5.46 Å². The fourth-order valence-corrected chi connectivity index (χ4v) is 2.52. The number of aryl methyl sites for hydroxylation is 1. The maximum absolute atomic E-state index is 14.0. The van der Waals surface area contributed by atoms with Crippen LogP contribution in [0.2, 0.25) is 5.15 Å². The Labute approximate surface area is 132 Å². The van der Waals surface area contributed by atoms with Crippen molar-refractivity contribution in [1.29, 1.82) is 0 Å². The van der Waals surface area contributed by atoms with Gasteiger partial charge in [-0.3, -0.25) is 4.79 Å². The summed E-state index contributed by atoms with van der Waals surface area (Å²) in [5.41, 5.74) is 1.86. The zero-order chi connectivity index (χ0) is 15.7. The summed E-state index contributed by atoms with van der Waals surface area (Å²) >= 11 is 5.70. The smallest absolute Gasteiger partial charge is 0.423 e. The van der Waals surface area contributed by atoms with Gasteiger partial charge in [-0.2, -0.15) is 0 Å². The molecule has 2 heterocycles. The third kappa shape index (κ3) is 3.04. The number of hydrogen-bond donors (Lipinski definition) is 1. The normalized spacial score (nSPS) is 13.3. The zero-order valence-corrected chi connectivity index (χ0v) is 12.3. The van der Waals surface area contributed by atoms with Crippen molar-refractivity contribution in [2.75, 3.05) is 0 Å². The Morgan fingerprint density at radius 2 is 2.27 bits per heavy atom. The number of carbonyl (C=O) groups excluding carboxylic acids is 1. The number of pyridine rings is 1. The van der Waals surface area contributed by atoms with Gasteiger partial charge >= 0.3 is 7.12 Å². The van der Waals surface area contributed by atoms with Crippen LogP contribution in [0.5, 0.6) is 0 Å². The summed E-state index contributed by atoms with van der Waals surface area (Å²) < 4.78 is 19.0. The van der Waals surface area contributed by atoms with Gasteiger partial charge in [-0.05, 0) is 41.2 Å². The van der Waals surface area contributed by atoms with E-state index in [0.29, 0.717) is 22.6 Å². The molecule has 7 heteroatoms. The van der Waals surface area contributed by atoms with Gasteiger partial charge < -0.3 is 9.68 Å². The molecule has 3 rings (SSSR count). The molecule has 0 atom stereocenters. The van der Waals surface area contributed by atoms with Crippen molar-refractivity contribution < 1.29 is 18.9 Å². The Morgan fingerprint density at radius 1 is 1.45 bits per heavy atom. The van der Waals surface area contributed by atoms with E-state index in [-0.39, 0.29) is 24.4 Å². The monoisotopic (exact) mass is 319 g/mol. The van der Waals surface area contributed by atoms with E-state index < -0.39 is 12.9 Å². The average molecular weight is 320 g/mol. The quantitative estimate of drug-likeness (QED) is 0.531. The number of ketones is 1. The molecule has 1 aliphatic rings. The minimum atomic E-state index is -1.09. The van der Waals surface area contributed by atoms with Crippen LogP contribution in [0.3, 0.4) is 0 Å². The molecule has 2 aromatic rings. The molecular weight excluding hydrogens is 307 g/mol. The fraction of sp³-hybridized carbons (Fsp3) is 0.200. The molecule has 1 aromatic carbocycles. The number of Topliss-reactive ketones (excluding diaryl/α,β-unsaturated/α-hetero) is 1. The maximum atomic E-state index is 14.0. The Bertz CT molecular complexity index is 723. The van der Waals surface area contributed by atoms with Gasteiger partial charge in [0.1, 0.15) is 11.0 Å². The summed E-state index contributed by atoms with van der Waals surface area (Å²) in [4.78, 5) is 16.1. The average Bonchev–Trinajstić information content (AvgIpc) is 2.86.